The molecule has 0 spiro atoms. The van der Waals surface area contributed by atoms with Crippen molar-refractivity contribution < 1.29 is 4.79 Å². The second-order valence-corrected chi connectivity index (χ2v) is 5.07. The molecule has 102 valence electrons. The molecule has 5 nitrogen and oxygen atoms in total. The van der Waals surface area contributed by atoms with Gasteiger partial charge in [-0.3, -0.25) is 9.20 Å². The van der Waals surface area contributed by atoms with Gasteiger partial charge in [0.15, 0.2) is 0 Å². The lowest BCUT2D eigenvalue weighted by molar-refractivity contribution is -0.121. The summed E-state index contributed by atoms with van der Waals surface area (Å²) in [4.78, 5) is 16.1. The molecular weight excluding hydrogens is 240 g/mol. The minimum absolute atomic E-state index is 0.00539. The van der Waals surface area contributed by atoms with Gasteiger partial charge >= 0.3 is 0 Å². The number of nitrogens with one attached hydrogen (secondary N) is 2. The van der Waals surface area contributed by atoms with Gasteiger partial charge in [0.25, 0.3) is 0 Å². The zero-order valence-corrected chi connectivity index (χ0v) is 11.6. The molecule has 1 atom stereocenters. The van der Waals surface area contributed by atoms with Gasteiger partial charge in [-0.2, -0.15) is 0 Å². The first-order valence-corrected chi connectivity index (χ1v) is 6.54. The Balaban J connectivity index is 2.04. The van der Waals surface area contributed by atoms with E-state index in [9.17, 15) is 4.79 Å². The summed E-state index contributed by atoms with van der Waals surface area (Å²) < 4.78 is 1.92. The van der Waals surface area contributed by atoms with Crippen LogP contribution in [0.15, 0.2) is 30.6 Å². The number of imidazole rings is 1. The second kappa shape index (κ2) is 5.73. The fraction of sp³-hybridized carbons (Fsp3) is 0.429. The first kappa shape index (κ1) is 13.4. The molecule has 2 N–H and O–H groups in total. The lowest BCUT2D eigenvalue weighted by atomic mass is 10.2. The number of hydrogen-bond acceptors (Lipinski definition) is 3. The van der Waals surface area contributed by atoms with Crippen molar-refractivity contribution in [2.45, 2.75) is 26.8 Å². The average Bonchev–Trinajstić information content (AvgIpc) is 2.85. The van der Waals surface area contributed by atoms with Gasteiger partial charge in [-0.05, 0) is 25.0 Å². The molecule has 0 saturated heterocycles. The Hall–Kier alpha value is -2.04. The molecule has 0 fully saturated rings. The molecule has 1 unspecified atom stereocenters. The maximum Gasteiger partial charge on any atom is 0.242 e. The molecule has 2 rings (SSSR count). The molecule has 0 aliphatic rings. The van der Waals surface area contributed by atoms with Crippen molar-refractivity contribution in [2.75, 3.05) is 11.9 Å². The van der Waals surface area contributed by atoms with E-state index in [-0.39, 0.29) is 11.9 Å². The standard InChI is InChI=1S/C14H20N4O/c1-10(2)9-16-14(19)11(3)17-13-6-4-5-12-15-7-8-18(12)13/h4-8,10-11,17H,9H2,1-3H3,(H,16,19). The lowest BCUT2D eigenvalue weighted by Gasteiger charge is -2.17. The number of amides is 1. The van der Waals surface area contributed by atoms with E-state index in [0.29, 0.717) is 12.5 Å². The van der Waals surface area contributed by atoms with E-state index < -0.39 is 0 Å². The largest absolute Gasteiger partial charge is 0.360 e. The molecule has 5 heteroatoms. The highest BCUT2D eigenvalue weighted by molar-refractivity contribution is 5.84. The van der Waals surface area contributed by atoms with Gasteiger partial charge in [0.2, 0.25) is 5.91 Å². The molecule has 0 radical (unpaired) electrons. The molecule has 2 heterocycles. The molecular formula is C14H20N4O. The maximum atomic E-state index is 11.9. The molecule has 0 bridgehead atoms. The Labute approximate surface area is 113 Å². The quantitative estimate of drug-likeness (QED) is 0.863. The summed E-state index contributed by atoms with van der Waals surface area (Å²) >= 11 is 0. The van der Waals surface area contributed by atoms with Crippen molar-refractivity contribution in [1.82, 2.24) is 14.7 Å². The van der Waals surface area contributed by atoms with Crippen molar-refractivity contribution >= 4 is 17.4 Å². The Morgan fingerprint density at radius 1 is 1.37 bits per heavy atom. The molecule has 19 heavy (non-hydrogen) atoms. The first-order valence-electron chi connectivity index (χ1n) is 6.54. The summed E-state index contributed by atoms with van der Waals surface area (Å²) in [5.74, 6) is 1.32. The topological polar surface area (TPSA) is 58.4 Å². The number of nitrogens with zero attached hydrogens (tertiary/aromatic N) is 2. The normalized spacial score (nSPS) is 12.6. The Morgan fingerprint density at radius 2 is 2.16 bits per heavy atom. The number of carbonyl (C=O) groups is 1. The summed E-state index contributed by atoms with van der Waals surface area (Å²) in [7, 11) is 0. The Bertz CT molecular complexity index is 561. The van der Waals surface area contributed by atoms with Crippen LogP contribution in [0.5, 0.6) is 0 Å². The Morgan fingerprint density at radius 3 is 2.89 bits per heavy atom. The maximum absolute atomic E-state index is 11.9. The van der Waals surface area contributed by atoms with Crippen molar-refractivity contribution in [3.05, 3.63) is 30.6 Å². The predicted molar refractivity (Wildman–Crippen MR) is 76.1 cm³/mol. The van der Waals surface area contributed by atoms with Gasteiger partial charge in [-0.15, -0.1) is 0 Å². The monoisotopic (exact) mass is 260 g/mol. The number of aromatic nitrogens is 2. The Kier molecular flexibility index (Phi) is 4.04. The van der Waals surface area contributed by atoms with E-state index in [1.807, 2.05) is 35.7 Å². The molecule has 0 aliphatic heterocycles. The van der Waals surface area contributed by atoms with Crippen LogP contribution < -0.4 is 10.6 Å². The summed E-state index contributed by atoms with van der Waals surface area (Å²) in [6.07, 6.45) is 3.61. The van der Waals surface area contributed by atoms with Crippen molar-refractivity contribution in [3.8, 4) is 0 Å². The van der Waals surface area contributed by atoms with Gasteiger partial charge in [0.05, 0.1) is 0 Å². The number of hydrogen-bond donors (Lipinski definition) is 2. The zero-order valence-electron chi connectivity index (χ0n) is 11.6. The van der Waals surface area contributed by atoms with Crippen LogP contribution in [-0.2, 0) is 4.79 Å². The summed E-state index contributed by atoms with van der Waals surface area (Å²) in [6.45, 7) is 6.70. The number of rotatable bonds is 5. The smallest absolute Gasteiger partial charge is 0.242 e. The number of anilines is 1. The number of carbonyl (C=O) groups excluding carboxylic acids is 1. The van der Waals surface area contributed by atoms with E-state index in [4.69, 9.17) is 0 Å². The van der Waals surface area contributed by atoms with E-state index in [1.54, 1.807) is 6.20 Å². The fourth-order valence-corrected chi connectivity index (χ4v) is 1.81. The third kappa shape index (κ3) is 3.24. The van der Waals surface area contributed by atoms with Crippen LogP contribution in [0, 0.1) is 5.92 Å². The molecule has 1 amide bonds. The summed E-state index contributed by atoms with van der Waals surface area (Å²) in [5, 5.41) is 6.12. The molecule has 2 aromatic rings. The van der Waals surface area contributed by atoms with Crippen LogP contribution in [0.3, 0.4) is 0 Å². The molecule has 0 aliphatic carbocycles. The fourth-order valence-electron chi connectivity index (χ4n) is 1.81. The van der Waals surface area contributed by atoms with E-state index >= 15 is 0 Å². The number of fused-ring (bicyclic) bond motifs is 1. The summed E-state index contributed by atoms with van der Waals surface area (Å²) in [6, 6.07) is 5.49. The highest BCUT2D eigenvalue weighted by atomic mass is 16.2. The van der Waals surface area contributed by atoms with Crippen LogP contribution >= 0.6 is 0 Å². The third-order valence-electron chi connectivity index (χ3n) is 2.87. The third-order valence-corrected chi connectivity index (χ3v) is 2.87. The van der Waals surface area contributed by atoms with Crippen LogP contribution in [0.25, 0.3) is 5.65 Å². The molecule has 2 aromatic heterocycles. The van der Waals surface area contributed by atoms with Crippen LogP contribution in [0.2, 0.25) is 0 Å². The minimum atomic E-state index is -0.285. The second-order valence-electron chi connectivity index (χ2n) is 5.07. The lowest BCUT2D eigenvalue weighted by Crippen LogP contribution is -2.39. The van der Waals surface area contributed by atoms with Gasteiger partial charge in [-0.25, -0.2) is 4.98 Å². The van der Waals surface area contributed by atoms with Gasteiger partial charge < -0.3 is 10.6 Å². The average molecular weight is 260 g/mol. The van der Waals surface area contributed by atoms with Gasteiger partial charge in [0.1, 0.15) is 17.5 Å². The van der Waals surface area contributed by atoms with E-state index in [1.165, 1.54) is 0 Å². The zero-order chi connectivity index (χ0) is 13.8. The van der Waals surface area contributed by atoms with Crippen molar-refractivity contribution in [3.63, 3.8) is 0 Å². The van der Waals surface area contributed by atoms with Crippen molar-refractivity contribution in [2.24, 2.45) is 5.92 Å². The highest BCUT2D eigenvalue weighted by Gasteiger charge is 2.13. The minimum Gasteiger partial charge on any atom is -0.360 e. The van der Waals surface area contributed by atoms with E-state index in [0.717, 1.165) is 11.5 Å². The van der Waals surface area contributed by atoms with E-state index in [2.05, 4.69) is 29.5 Å². The van der Waals surface area contributed by atoms with Crippen LogP contribution in [0.1, 0.15) is 20.8 Å². The molecule has 0 saturated carbocycles. The highest BCUT2D eigenvalue weighted by Crippen LogP contribution is 2.12. The van der Waals surface area contributed by atoms with Gasteiger partial charge in [0, 0.05) is 18.9 Å². The van der Waals surface area contributed by atoms with Gasteiger partial charge in [-0.1, -0.05) is 19.9 Å². The summed E-state index contributed by atoms with van der Waals surface area (Å²) in [5.41, 5.74) is 0.861. The number of pyridine rings is 1. The van der Waals surface area contributed by atoms with Crippen molar-refractivity contribution in [1.29, 1.82) is 0 Å². The molecule has 0 aromatic carbocycles. The first-order chi connectivity index (χ1) is 9.08. The SMILES string of the molecule is CC(C)CNC(=O)C(C)Nc1cccc2nccn12. The van der Waals surface area contributed by atoms with Crippen LogP contribution in [0.4, 0.5) is 5.82 Å². The predicted octanol–water partition coefficient (Wildman–Crippen LogP) is 1.91. The van der Waals surface area contributed by atoms with Crippen LogP contribution in [-0.4, -0.2) is 27.9 Å².